The molecular weight excluding hydrogens is 369 g/mol. The van der Waals surface area contributed by atoms with E-state index in [9.17, 15) is 13.2 Å². The minimum absolute atomic E-state index is 0.0448. The molecule has 0 saturated carbocycles. The minimum atomic E-state index is -3.95. The van der Waals surface area contributed by atoms with Crippen LogP contribution in [0.5, 0.6) is 0 Å². The highest BCUT2D eigenvalue weighted by molar-refractivity contribution is 7.92. The number of para-hydroxylation sites is 1. The molecule has 0 fully saturated rings. The molecule has 128 valence electrons. The van der Waals surface area contributed by atoms with Crippen LogP contribution in [0.3, 0.4) is 0 Å². The van der Waals surface area contributed by atoms with E-state index in [0.717, 1.165) is 9.87 Å². The lowest BCUT2D eigenvalue weighted by atomic mass is 10.0. The molecule has 24 heavy (non-hydrogen) atoms. The summed E-state index contributed by atoms with van der Waals surface area (Å²) in [4.78, 5) is 11.5. The number of nitrogens with zero attached hydrogens (tertiary/aromatic N) is 1. The quantitative estimate of drug-likeness (QED) is 0.691. The van der Waals surface area contributed by atoms with Crippen LogP contribution in [0.1, 0.15) is 25.3 Å². The maximum Gasteiger partial charge on any atom is 0.264 e. The lowest BCUT2D eigenvalue weighted by Gasteiger charge is -2.26. The number of carbonyl (C=O) groups excluding carboxylic acids is 1. The van der Waals surface area contributed by atoms with Crippen molar-refractivity contribution in [3.63, 3.8) is 0 Å². The average Bonchev–Trinajstić information content (AvgIpc) is 2.52. The summed E-state index contributed by atoms with van der Waals surface area (Å²) in [6.45, 7) is 3.46. The van der Waals surface area contributed by atoms with Crippen molar-refractivity contribution in [1.29, 1.82) is 0 Å². The summed E-state index contributed by atoms with van der Waals surface area (Å²) in [6, 6.07) is 12.8. The van der Waals surface area contributed by atoms with E-state index in [1.165, 1.54) is 24.3 Å². The molecule has 0 N–H and O–H groups in total. The van der Waals surface area contributed by atoms with Crippen molar-refractivity contribution in [1.82, 2.24) is 0 Å². The monoisotopic (exact) mass is 385 g/mol. The molecule has 0 aromatic heterocycles. The molecule has 7 heteroatoms. The first-order valence-electron chi connectivity index (χ1n) is 7.29. The van der Waals surface area contributed by atoms with Crippen molar-refractivity contribution in [2.45, 2.75) is 24.7 Å². The van der Waals surface area contributed by atoms with Crippen molar-refractivity contribution < 1.29 is 13.2 Å². The van der Waals surface area contributed by atoms with Crippen molar-refractivity contribution in [3.05, 3.63) is 59.1 Å². The van der Waals surface area contributed by atoms with E-state index in [1.807, 2.05) is 26.0 Å². The Morgan fingerprint density at radius 2 is 1.67 bits per heavy atom. The molecule has 0 unspecified atom stereocenters. The second kappa shape index (κ2) is 7.55. The fraction of sp³-hybridized carbons (Fsp3) is 0.235. The van der Waals surface area contributed by atoms with Gasteiger partial charge >= 0.3 is 0 Å². The van der Waals surface area contributed by atoms with Crippen LogP contribution >= 0.6 is 23.2 Å². The Labute approximate surface area is 152 Å². The van der Waals surface area contributed by atoms with Gasteiger partial charge in [-0.25, -0.2) is 8.42 Å². The van der Waals surface area contributed by atoms with Gasteiger partial charge in [0.2, 0.25) is 5.24 Å². The van der Waals surface area contributed by atoms with Gasteiger partial charge in [0.1, 0.15) is 6.54 Å². The molecule has 0 bridgehead atoms. The number of sulfonamides is 1. The summed E-state index contributed by atoms with van der Waals surface area (Å²) >= 11 is 11.3. The fourth-order valence-corrected chi connectivity index (χ4v) is 4.11. The summed E-state index contributed by atoms with van der Waals surface area (Å²) in [7, 11) is -3.95. The predicted octanol–water partition coefficient (Wildman–Crippen LogP) is 4.42. The Balaban J connectivity index is 2.61. The third kappa shape index (κ3) is 4.09. The molecule has 0 aliphatic carbocycles. The molecule has 0 spiro atoms. The van der Waals surface area contributed by atoms with Crippen LogP contribution in [0, 0.1) is 0 Å². The predicted molar refractivity (Wildman–Crippen MR) is 97.4 cm³/mol. The SMILES string of the molecule is CC(C)c1ccccc1N(CC(=O)Cl)S(=O)(=O)c1ccc(Cl)cc1. The molecule has 2 aromatic rings. The van der Waals surface area contributed by atoms with Gasteiger partial charge in [0.25, 0.3) is 10.0 Å². The van der Waals surface area contributed by atoms with E-state index in [-0.39, 0.29) is 10.8 Å². The molecule has 2 rings (SSSR count). The molecule has 0 radical (unpaired) electrons. The van der Waals surface area contributed by atoms with E-state index in [4.69, 9.17) is 23.2 Å². The average molecular weight is 386 g/mol. The van der Waals surface area contributed by atoms with Gasteiger partial charge in [-0.05, 0) is 53.4 Å². The van der Waals surface area contributed by atoms with Crippen molar-refractivity contribution in [3.8, 4) is 0 Å². The molecule has 0 aliphatic rings. The maximum atomic E-state index is 13.0. The largest absolute Gasteiger partial charge is 0.279 e. The smallest absolute Gasteiger partial charge is 0.264 e. The lowest BCUT2D eigenvalue weighted by Crippen LogP contribution is -2.35. The van der Waals surface area contributed by atoms with E-state index in [2.05, 4.69) is 0 Å². The van der Waals surface area contributed by atoms with Crippen LogP contribution in [0.25, 0.3) is 0 Å². The third-order valence-corrected chi connectivity index (χ3v) is 5.64. The van der Waals surface area contributed by atoms with E-state index in [0.29, 0.717) is 10.7 Å². The normalized spacial score (nSPS) is 11.5. The van der Waals surface area contributed by atoms with Gasteiger partial charge in [0.15, 0.2) is 0 Å². The number of halogens is 2. The molecule has 0 heterocycles. The van der Waals surface area contributed by atoms with Gasteiger partial charge in [-0.15, -0.1) is 0 Å². The first-order valence-corrected chi connectivity index (χ1v) is 9.48. The summed E-state index contributed by atoms with van der Waals surface area (Å²) in [5.41, 5.74) is 1.25. The fourth-order valence-electron chi connectivity index (χ4n) is 2.35. The Kier molecular flexibility index (Phi) is 5.91. The number of hydrogen-bond acceptors (Lipinski definition) is 3. The lowest BCUT2D eigenvalue weighted by molar-refractivity contribution is -0.110. The van der Waals surface area contributed by atoms with Crippen LogP contribution in [0.15, 0.2) is 53.4 Å². The van der Waals surface area contributed by atoms with Gasteiger partial charge in [0.05, 0.1) is 10.6 Å². The number of hydrogen-bond donors (Lipinski definition) is 0. The molecule has 0 atom stereocenters. The summed E-state index contributed by atoms with van der Waals surface area (Å²) < 4.78 is 27.1. The number of benzene rings is 2. The highest BCUT2D eigenvalue weighted by Crippen LogP contribution is 2.31. The molecular formula is C17H17Cl2NO3S. The minimum Gasteiger partial charge on any atom is -0.279 e. The second-order valence-corrected chi connectivity index (χ2v) is 8.25. The van der Waals surface area contributed by atoms with Crippen molar-refractivity contribution >= 4 is 44.2 Å². The van der Waals surface area contributed by atoms with Crippen molar-refractivity contribution in [2.75, 3.05) is 10.8 Å². The molecule has 0 saturated heterocycles. The Morgan fingerprint density at radius 3 is 2.21 bits per heavy atom. The van der Waals surface area contributed by atoms with Crippen LogP contribution in [0.2, 0.25) is 5.02 Å². The highest BCUT2D eigenvalue weighted by Gasteiger charge is 2.28. The maximum absolute atomic E-state index is 13.0. The van der Waals surface area contributed by atoms with Crippen LogP contribution in [-0.4, -0.2) is 20.2 Å². The molecule has 0 amide bonds. The zero-order valence-electron chi connectivity index (χ0n) is 13.2. The highest BCUT2D eigenvalue weighted by atomic mass is 35.5. The molecule has 4 nitrogen and oxygen atoms in total. The Morgan fingerprint density at radius 1 is 1.08 bits per heavy atom. The zero-order chi connectivity index (χ0) is 17.9. The number of anilines is 1. The van der Waals surface area contributed by atoms with E-state index < -0.39 is 21.8 Å². The van der Waals surface area contributed by atoms with Gasteiger partial charge in [-0.2, -0.15) is 0 Å². The first-order chi connectivity index (χ1) is 11.2. The van der Waals surface area contributed by atoms with E-state index in [1.54, 1.807) is 12.1 Å². The second-order valence-electron chi connectivity index (χ2n) is 5.53. The number of rotatable bonds is 6. The van der Waals surface area contributed by atoms with Gasteiger partial charge < -0.3 is 0 Å². The third-order valence-electron chi connectivity index (χ3n) is 3.50. The van der Waals surface area contributed by atoms with E-state index >= 15 is 0 Å². The molecule has 0 aliphatic heterocycles. The first kappa shape index (κ1) is 18.8. The standard InChI is InChI=1S/C17H17Cl2NO3S/c1-12(2)15-5-3-4-6-16(15)20(11-17(19)21)24(22,23)14-9-7-13(18)8-10-14/h3-10,12H,11H2,1-2H3. The zero-order valence-corrected chi connectivity index (χ0v) is 15.6. The summed E-state index contributed by atoms with van der Waals surface area (Å²) in [5, 5.41) is -0.331. The summed E-state index contributed by atoms with van der Waals surface area (Å²) in [5.74, 6) is 0.0783. The summed E-state index contributed by atoms with van der Waals surface area (Å²) in [6.07, 6.45) is 0. The van der Waals surface area contributed by atoms with Crippen LogP contribution in [-0.2, 0) is 14.8 Å². The Hall–Kier alpha value is -1.56. The van der Waals surface area contributed by atoms with Crippen LogP contribution < -0.4 is 4.31 Å². The van der Waals surface area contributed by atoms with Gasteiger partial charge in [0, 0.05) is 5.02 Å². The van der Waals surface area contributed by atoms with Crippen LogP contribution in [0.4, 0.5) is 5.69 Å². The molecule has 2 aromatic carbocycles. The Bertz CT molecular complexity index is 833. The topological polar surface area (TPSA) is 54.5 Å². The van der Waals surface area contributed by atoms with Crippen molar-refractivity contribution in [2.24, 2.45) is 0 Å². The van der Waals surface area contributed by atoms with Gasteiger partial charge in [-0.1, -0.05) is 43.6 Å². The van der Waals surface area contributed by atoms with Gasteiger partial charge in [-0.3, -0.25) is 9.10 Å². The number of carbonyl (C=O) groups is 1.